The minimum Gasteiger partial charge on any atom is -0.508 e. The average molecular weight is 226 g/mol. The number of hydrogen-bond donors (Lipinski definition) is 1. The molecule has 1 unspecified atom stereocenters. The Labute approximate surface area is 96.5 Å². The molecule has 2 heteroatoms. The van der Waals surface area contributed by atoms with Crippen LogP contribution in [0.3, 0.4) is 0 Å². The molecule has 1 aromatic carbocycles. The highest BCUT2D eigenvalue weighted by Gasteiger charge is 1.98. The summed E-state index contributed by atoms with van der Waals surface area (Å²) < 4.78 is 0. The largest absolute Gasteiger partial charge is 0.508 e. The van der Waals surface area contributed by atoms with E-state index in [-0.39, 0.29) is 9.90 Å². The van der Waals surface area contributed by atoms with E-state index < -0.39 is 0 Å². The lowest BCUT2D eigenvalue weighted by Gasteiger charge is -2.03. The van der Waals surface area contributed by atoms with Crippen molar-refractivity contribution in [2.45, 2.75) is 45.4 Å². The highest BCUT2D eigenvalue weighted by molar-refractivity contribution is 6.92. The Balaban J connectivity index is 0.00000196. The fraction of sp³-hybridized carbons (Fsp3) is 0.538. The quantitative estimate of drug-likeness (QED) is 0.575. The number of phenolic OH excluding ortho intramolecular Hbond substituents is 1. The van der Waals surface area contributed by atoms with Gasteiger partial charge in [-0.3, -0.25) is 0 Å². The van der Waals surface area contributed by atoms with Gasteiger partial charge in [0, 0.05) is 0 Å². The summed E-state index contributed by atoms with van der Waals surface area (Å²) in [5.74, 6) is 0.447. The third-order valence-corrected chi connectivity index (χ3v) is 2.54. The first-order chi connectivity index (χ1) is 6.84. The molecule has 1 aromatic rings. The Morgan fingerprint density at radius 3 is 2.33 bits per heavy atom. The average Bonchev–Trinajstić information content (AvgIpc) is 2.20. The zero-order valence-electron chi connectivity index (χ0n) is 9.71. The topological polar surface area (TPSA) is 20.2 Å². The van der Waals surface area contributed by atoms with Gasteiger partial charge < -0.3 is 5.11 Å². The molecule has 0 aromatic heterocycles. The number of aromatic hydroxyl groups is 1. The first-order valence-corrected chi connectivity index (χ1v) is 5.61. The van der Waals surface area contributed by atoms with Crippen molar-refractivity contribution >= 4 is 9.90 Å². The van der Waals surface area contributed by atoms with Crippen molar-refractivity contribution in [2.24, 2.45) is 0 Å². The Morgan fingerprint density at radius 2 is 1.67 bits per heavy atom. The van der Waals surface area contributed by atoms with Crippen LogP contribution in [-0.4, -0.2) is 5.11 Å². The molecule has 0 amide bonds. The van der Waals surface area contributed by atoms with Crippen LogP contribution in [0.2, 0.25) is 0 Å². The van der Waals surface area contributed by atoms with Gasteiger partial charge in [-0.15, -0.1) is 0 Å². The van der Waals surface area contributed by atoms with Crippen molar-refractivity contribution in [2.75, 3.05) is 0 Å². The molecular formula is C13H23OP. The van der Waals surface area contributed by atoms with Crippen LogP contribution in [0.1, 0.15) is 44.6 Å². The molecule has 1 N–H and O–H groups in total. The van der Waals surface area contributed by atoms with Crippen molar-refractivity contribution < 1.29 is 5.11 Å². The van der Waals surface area contributed by atoms with Crippen molar-refractivity contribution in [1.82, 2.24) is 0 Å². The fourth-order valence-electron chi connectivity index (χ4n) is 1.64. The minimum atomic E-state index is 0. The third-order valence-electron chi connectivity index (χ3n) is 2.54. The normalized spacial score (nSPS) is 9.67. The molecule has 15 heavy (non-hydrogen) atoms. The van der Waals surface area contributed by atoms with Gasteiger partial charge in [-0.05, 0) is 24.5 Å². The standard InChI is InChI=1S/C13H20O.H3P/c1-2-3-4-5-6-9-12-10-7-8-11-13(12)14;/h7-8,10-11,14H,2-6,9H2,1H3;1H3. The first kappa shape index (κ1) is 14.5. The molecular weight excluding hydrogens is 203 g/mol. The Bertz CT molecular complexity index is 260. The molecule has 0 aliphatic carbocycles. The van der Waals surface area contributed by atoms with E-state index in [9.17, 15) is 5.11 Å². The van der Waals surface area contributed by atoms with Gasteiger partial charge in [0.1, 0.15) is 5.75 Å². The molecule has 1 atom stereocenters. The highest BCUT2D eigenvalue weighted by Crippen LogP contribution is 2.18. The number of rotatable bonds is 6. The lowest BCUT2D eigenvalue weighted by molar-refractivity contribution is 0.466. The molecule has 0 spiro atoms. The number of unbranched alkanes of at least 4 members (excludes halogenated alkanes) is 4. The Kier molecular flexibility index (Phi) is 8.41. The Hall–Kier alpha value is -0.550. The van der Waals surface area contributed by atoms with E-state index in [4.69, 9.17) is 0 Å². The number of aryl methyl sites for hydroxylation is 1. The smallest absolute Gasteiger partial charge is 0.118 e. The van der Waals surface area contributed by atoms with Crippen LogP contribution in [0.25, 0.3) is 0 Å². The van der Waals surface area contributed by atoms with Gasteiger partial charge in [0.05, 0.1) is 0 Å². The van der Waals surface area contributed by atoms with Crippen molar-refractivity contribution in [3.8, 4) is 5.75 Å². The summed E-state index contributed by atoms with van der Waals surface area (Å²) in [7, 11) is 0. The van der Waals surface area contributed by atoms with E-state index in [2.05, 4.69) is 6.92 Å². The monoisotopic (exact) mass is 226 g/mol. The van der Waals surface area contributed by atoms with Crippen LogP contribution < -0.4 is 0 Å². The third kappa shape index (κ3) is 5.79. The zero-order valence-corrected chi connectivity index (χ0v) is 11.1. The second-order valence-electron chi connectivity index (χ2n) is 3.79. The number of benzene rings is 1. The van der Waals surface area contributed by atoms with Crippen LogP contribution in [-0.2, 0) is 6.42 Å². The molecule has 0 fully saturated rings. The SMILES string of the molecule is CCCCCCCc1ccccc1O.P. The van der Waals surface area contributed by atoms with Gasteiger partial charge in [0.2, 0.25) is 0 Å². The first-order valence-electron chi connectivity index (χ1n) is 5.61. The summed E-state index contributed by atoms with van der Waals surface area (Å²) in [4.78, 5) is 0. The number of hydrogen-bond acceptors (Lipinski definition) is 1. The molecule has 0 saturated heterocycles. The fourth-order valence-corrected chi connectivity index (χ4v) is 1.64. The van der Waals surface area contributed by atoms with Crippen LogP contribution in [0.4, 0.5) is 0 Å². The summed E-state index contributed by atoms with van der Waals surface area (Å²) in [6.07, 6.45) is 7.43. The summed E-state index contributed by atoms with van der Waals surface area (Å²) >= 11 is 0. The molecule has 0 heterocycles. The van der Waals surface area contributed by atoms with Crippen LogP contribution in [0.15, 0.2) is 24.3 Å². The van der Waals surface area contributed by atoms with Crippen LogP contribution in [0.5, 0.6) is 5.75 Å². The van der Waals surface area contributed by atoms with Crippen LogP contribution in [0, 0.1) is 0 Å². The molecule has 0 bridgehead atoms. The summed E-state index contributed by atoms with van der Waals surface area (Å²) in [6.45, 7) is 2.23. The Morgan fingerprint density at radius 1 is 1.00 bits per heavy atom. The van der Waals surface area contributed by atoms with E-state index >= 15 is 0 Å². The van der Waals surface area contributed by atoms with Gasteiger partial charge in [-0.2, -0.15) is 9.90 Å². The van der Waals surface area contributed by atoms with E-state index in [1.54, 1.807) is 6.07 Å². The minimum absolute atomic E-state index is 0. The molecule has 1 rings (SSSR count). The summed E-state index contributed by atoms with van der Waals surface area (Å²) in [6, 6.07) is 7.63. The maximum atomic E-state index is 9.51. The highest BCUT2D eigenvalue weighted by atomic mass is 31.0. The van der Waals surface area contributed by atoms with E-state index in [1.165, 1.54) is 32.1 Å². The molecule has 0 aliphatic heterocycles. The predicted molar refractivity (Wildman–Crippen MR) is 71.7 cm³/mol. The summed E-state index contributed by atoms with van der Waals surface area (Å²) in [5.41, 5.74) is 1.09. The van der Waals surface area contributed by atoms with E-state index in [0.717, 1.165) is 12.0 Å². The molecule has 1 nitrogen and oxygen atoms in total. The van der Waals surface area contributed by atoms with Crippen LogP contribution >= 0.6 is 9.90 Å². The second kappa shape index (κ2) is 8.73. The lowest BCUT2D eigenvalue weighted by Crippen LogP contribution is -1.86. The lowest BCUT2D eigenvalue weighted by atomic mass is 10.0. The zero-order chi connectivity index (χ0) is 10.2. The van der Waals surface area contributed by atoms with E-state index in [1.807, 2.05) is 18.2 Å². The van der Waals surface area contributed by atoms with Crippen molar-refractivity contribution in [3.63, 3.8) is 0 Å². The van der Waals surface area contributed by atoms with Gasteiger partial charge in [0.25, 0.3) is 0 Å². The van der Waals surface area contributed by atoms with Gasteiger partial charge in [-0.25, -0.2) is 0 Å². The number of para-hydroxylation sites is 1. The van der Waals surface area contributed by atoms with Gasteiger partial charge in [0.15, 0.2) is 0 Å². The number of phenols is 1. The van der Waals surface area contributed by atoms with Crippen molar-refractivity contribution in [3.05, 3.63) is 29.8 Å². The van der Waals surface area contributed by atoms with E-state index in [0.29, 0.717) is 5.75 Å². The van der Waals surface area contributed by atoms with Crippen molar-refractivity contribution in [1.29, 1.82) is 0 Å². The summed E-state index contributed by atoms with van der Waals surface area (Å²) in [5, 5.41) is 9.51. The molecule has 0 aliphatic rings. The molecule has 0 saturated carbocycles. The van der Waals surface area contributed by atoms with Gasteiger partial charge in [-0.1, -0.05) is 50.8 Å². The second-order valence-corrected chi connectivity index (χ2v) is 3.79. The molecule has 86 valence electrons. The maximum absolute atomic E-state index is 9.51. The van der Waals surface area contributed by atoms with Gasteiger partial charge >= 0.3 is 0 Å². The predicted octanol–water partition coefficient (Wildman–Crippen LogP) is 3.96. The molecule has 0 radical (unpaired) electrons. The maximum Gasteiger partial charge on any atom is 0.118 e.